The van der Waals surface area contributed by atoms with E-state index < -0.39 is 23.8 Å². The Labute approximate surface area is 160 Å². The topological polar surface area (TPSA) is 137 Å². The van der Waals surface area contributed by atoms with Crippen LogP contribution in [0.4, 0.5) is 0 Å². The summed E-state index contributed by atoms with van der Waals surface area (Å²) in [5.74, 6) is -1.49. The van der Waals surface area contributed by atoms with Gasteiger partial charge < -0.3 is 21.5 Å². The molecule has 0 aliphatic carbocycles. The van der Waals surface area contributed by atoms with Gasteiger partial charge in [-0.1, -0.05) is 12.1 Å². The van der Waals surface area contributed by atoms with Crippen molar-refractivity contribution in [1.29, 1.82) is 0 Å². The lowest BCUT2D eigenvalue weighted by Crippen LogP contribution is -2.33. The molecule has 26 heavy (non-hydrogen) atoms. The maximum absolute atomic E-state index is 12.2. The minimum Gasteiger partial charge on any atom is -0.465 e. The molecule has 2 amide bonds. The van der Waals surface area contributed by atoms with Crippen molar-refractivity contribution >= 4 is 41.5 Å². The third kappa shape index (κ3) is 5.01. The number of methoxy groups -OCH3 is 1. The average molecular weight is 399 g/mol. The van der Waals surface area contributed by atoms with Gasteiger partial charge in [0.15, 0.2) is 0 Å². The normalized spacial score (nSPS) is 11.2. The van der Waals surface area contributed by atoms with Crippen molar-refractivity contribution in [1.82, 2.24) is 10.3 Å². The minimum atomic E-state index is -0.957. The number of benzene rings is 1. The van der Waals surface area contributed by atoms with Crippen molar-refractivity contribution < 1.29 is 19.1 Å². The molecule has 2 aromatic rings. The number of nitrogens with one attached hydrogen (secondary N) is 1. The standard InChI is InChI=1S/C16H18N4O4S.ClH/c1-8-13(14(18)21)25-11(20-8)7-19-15(22)12(17)9-4-3-5-10(6-9)16(23)24-2;/h3-6,12H,7,17H2,1-2H3,(H2,18,21)(H,19,22);1H. The summed E-state index contributed by atoms with van der Waals surface area (Å²) < 4.78 is 4.64. The van der Waals surface area contributed by atoms with Gasteiger partial charge in [0.25, 0.3) is 5.91 Å². The van der Waals surface area contributed by atoms with E-state index in [4.69, 9.17) is 11.5 Å². The molecule has 1 aromatic carbocycles. The predicted molar refractivity (Wildman–Crippen MR) is 99.2 cm³/mol. The highest BCUT2D eigenvalue weighted by molar-refractivity contribution is 7.13. The zero-order valence-electron chi connectivity index (χ0n) is 14.1. The molecule has 8 nitrogen and oxygen atoms in total. The van der Waals surface area contributed by atoms with Crippen molar-refractivity contribution in [2.45, 2.75) is 19.5 Å². The Morgan fingerprint density at radius 1 is 1.35 bits per heavy atom. The zero-order valence-corrected chi connectivity index (χ0v) is 15.8. The van der Waals surface area contributed by atoms with Gasteiger partial charge in [-0.3, -0.25) is 9.59 Å². The van der Waals surface area contributed by atoms with Crippen LogP contribution in [-0.2, 0) is 16.1 Å². The number of esters is 1. The molecule has 0 saturated heterocycles. The first-order valence-corrected chi connectivity index (χ1v) is 8.12. The molecule has 0 spiro atoms. The van der Waals surface area contributed by atoms with Gasteiger partial charge in [-0.05, 0) is 24.6 Å². The van der Waals surface area contributed by atoms with E-state index in [2.05, 4.69) is 15.0 Å². The van der Waals surface area contributed by atoms with Gasteiger partial charge >= 0.3 is 5.97 Å². The number of aromatic nitrogens is 1. The summed E-state index contributed by atoms with van der Waals surface area (Å²) >= 11 is 1.12. The lowest BCUT2D eigenvalue weighted by molar-refractivity contribution is -0.122. The molecule has 2 rings (SSSR count). The molecular formula is C16H19ClN4O4S. The molecule has 0 radical (unpaired) electrons. The van der Waals surface area contributed by atoms with Crippen molar-refractivity contribution in [3.8, 4) is 0 Å². The Kier molecular flexibility index (Phi) is 7.69. The number of carbonyl (C=O) groups is 3. The highest BCUT2D eigenvalue weighted by Crippen LogP contribution is 2.18. The number of ether oxygens (including phenoxy) is 1. The van der Waals surface area contributed by atoms with Crippen LogP contribution in [0.5, 0.6) is 0 Å². The summed E-state index contributed by atoms with van der Waals surface area (Å²) in [7, 11) is 1.28. The van der Waals surface area contributed by atoms with E-state index >= 15 is 0 Å². The molecule has 10 heteroatoms. The maximum Gasteiger partial charge on any atom is 0.337 e. The lowest BCUT2D eigenvalue weighted by Gasteiger charge is -2.12. The quantitative estimate of drug-likeness (QED) is 0.622. The Balaban J connectivity index is 0.00000338. The lowest BCUT2D eigenvalue weighted by atomic mass is 10.0. The first-order valence-electron chi connectivity index (χ1n) is 7.31. The second-order valence-electron chi connectivity index (χ2n) is 5.20. The molecule has 1 atom stereocenters. The Morgan fingerprint density at radius 3 is 2.62 bits per heavy atom. The summed E-state index contributed by atoms with van der Waals surface area (Å²) in [4.78, 5) is 39.5. The van der Waals surface area contributed by atoms with Gasteiger partial charge in [0.1, 0.15) is 15.9 Å². The van der Waals surface area contributed by atoms with Crippen molar-refractivity contribution in [3.63, 3.8) is 0 Å². The van der Waals surface area contributed by atoms with Crippen LogP contribution in [0.3, 0.4) is 0 Å². The summed E-state index contributed by atoms with van der Waals surface area (Å²) in [6.45, 7) is 1.80. The van der Waals surface area contributed by atoms with Crippen molar-refractivity contribution in [3.05, 3.63) is 51.0 Å². The van der Waals surface area contributed by atoms with Gasteiger partial charge in [-0.2, -0.15) is 0 Å². The van der Waals surface area contributed by atoms with Gasteiger partial charge in [-0.25, -0.2) is 9.78 Å². The van der Waals surface area contributed by atoms with Gasteiger partial charge in [0.2, 0.25) is 5.91 Å². The molecule has 140 valence electrons. The number of carbonyl (C=O) groups excluding carboxylic acids is 3. The van der Waals surface area contributed by atoms with Crippen LogP contribution in [0.1, 0.15) is 42.3 Å². The molecule has 5 N–H and O–H groups in total. The molecule has 0 aliphatic heterocycles. The number of hydrogen-bond acceptors (Lipinski definition) is 7. The summed E-state index contributed by atoms with van der Waals surface area (Å²) in [6, 6.07) is 5.40. The molecular weight excluding hydrogens is 380 g/mol. The summed E-state index contributed by atoms with van der Waals surface area (Å²) in [5, 5.41) is 3.21. The summed E-state index contributed by atoms with van der Waals surface area (Å²) in [6.07, 6.45) is 0. The number of amides is 2. The van der Waals surface area contributed by atoms with Crippen LogP contribution in [0.25, 0.3) is 0 Å². The van der Waals surface area contributed by atoms with Crippen molar-refractivity contribution in [2.24, 2.45) is 11.5 Å². The number of nitrogens with two attached hydrogens (primary N) is 2. The highest BCUT2D eigenvalue weighted by Gasteiger charge is 2.19. The molecule has 0 bridgehead atoms. The number of thiazole rings is 1. The maximum atomic E-state index is 12.2. The molecule has 1 heterocycles. The van der Waals surface area contributed by atoms with Crippen LogP contribution in [0, 0.1) is 6.92 Å². The monoisotopic (exact) mass is 398 g/mol. The van der Waals surface area contributed by atoms with Crippen LogP contribution in [0.15, 0.2) is 24.3 Å². The first-order chi connectivity index (χ1) is 11.8. The molecule has 0 fully saturated rings. The van der Waals surface area contributed by atoms with Crippen LogP contribution >= 0.6 is 23.7 Å². The summed E-state index contributed by atoms with van der Waals surface area (Å²) in [5.41, 5.74) is 12.5. The predicted octanol–water partition coefficient (Wildman–Crippen LogP) is 1.08. The number of halogens is 1. The van der Waals surface area contributed by atoms with E-state index in [1.165, 1.54) is 13.2 Å². The second kappa shape index (κ2) is 9.27. The van der Waals surface area contributed by atoms with E-state index in [9.17, 15) is 14.4 Å². The minimum absolute atomic E-state index is 0. The molecule has 1 aromatic heterocycles. The van der Waals surface area contributed by atoms with Gasteiger partial charge in [0.05, 0.1) is 24.9 Å². The van der Waals surface area contributed by atoms with E-state index in [-0.39, 0.29) is 19.0 Å². The molecule has 1 unspecified atom stereocenters. The number of nitrogens with zero attached hydrogens (tertiary/aromatic N) is 1. The highest BCUT2D eigenvalue weighted by atomic mass is 35.5. The van der Waals surface area contributed by atoms with Crippen molar-refractivity contribution in [2.75, 3.05) is 7.11 Å². The number of rotatable bonds is 6. The number of aryl methyl sites for hydroxylation is 1. The SMILES string of the molecule is COC(=O)c1cccc(C(N)C(=O)NCc2nc(C)c(C(N)=O)s2)c1.Cl. The average Bonchev–Trinajstić information content (AvgIpc) is 2.99. The Hall–Kier alpha value is -2.49. The molecule has 0 saturated carbocycles. The van der Waals surface area contributed by atoms with Gasteiger partial charge in [-0.15, -0.1) is 23.7 Å². The van der Waals surface area contributed by atoms with Crippen LogP contribution < -0.4 is 16.8 Å². The fourth-order valence-electron chi connectivity index (χ4n) is 2.16. The van der Waals surface area contributed by atoms with E-state index in [1.807, 2.05) is 0 Å². The van der Waals surface area contributed by atoms with E-state index in [0.29, 0.717) is 26.7 Å². The van der Waals surface area contributed by atoms with Crippen LogP contribution in [0.2, 0.25) is 0 Å². The second-order valence-corrected chi connectivity index (χ2v) is 6.28. The van der Waals surface area contributed by atoms with Crippen LogP contribution in [-0.4, -0.2) is 29.9 Å². The Bertz CT molecular complexity index is 824. The first kappa shape index (κ1) is 21.6. The largest absolute Gasteiger partial charge is 0.465 e. The van der Waals surface area contributed by atoms with Gasteiger partial charge in [0, 0.05) is 0 Å². The fraction of sp³-hybridized carbons (Fsp3) is 0.250. The third-order valence-electron chi connectivity index (χ3n) is 3.43. The smallest absolute Gasteiger partial charge is 0.337 e. The number of hydrogen-bond donors (Lipinski definition) is 3. The molecule has 0 aliphatic rings. The Morgan fingerprint density at radius 2 is 2.04 bits per heavy atom. The number of primary amides is 1. The zero-order chi connectivity index (χ0) is 18.6. The third-order valence-corrected chi connectivity index (χ3v) is 4.60. The van der Waals surface area contributed by atoms with E-state index in [1.54, 1.807) is 25.1 Å². The fourth-order valence-corrected chi connectivity index (χ4v) is 3.01. The van der Waals surface area contributed by atoms with E-state index in [0.717, 1.165) is 11.3 Å².